The quantitative estimate of drug-likeness (QED) is 0.253. The number of aryl methyl sites for hydroxylation is 1. The average Bonchev–Trinajstić information content (AvgIpc) is 3.35. The molecule has 1 unspecified atom stereocenters. The molecule has 0 spiro atoms. The molecule has 34 heavy (non-hydrogen) atoms. The molecular formula is C19H22N6O7S2. The minimum absolute atomic E-state index is 0.00964. The summed E-state index contributed by atoms with van der Waals surface area (Å²) in [5.74, 6) is 1.55. The SMILES string of the molecule is C=CCOC(=O)OC1C(CSCc2nnnn2C)=C2SCN(OC(=O)OCC=C)[C@@H]3C(=O)N1[C@H]23. The third-order valence-electron chi connectivity index (χ3n) is 5.13. The van der Waals surface area contributed by atoms with Gasteiger partial charge in [0, 0.05) is 23.3 Å². The second-order valence-corrected chi connectivity index (χ2v) is 9.16. The molecule has 3 aliphatic heterocycles. The monoisotopic (exact) mass is 510 g/mol. The van der Waals surface area contributed by atoms with Gasteiger partial charge in [-0.2, -0.15) is 0 Å². The summed E-state index contributed by atoms with van der Waals surface area (Å²) in [6.07, 6.45) is 0.0689. The molecule has 13 nitrogen and oxygen atoms in total. The minimum atomic E-state index is -0.925. The lowest BCUT2D eigenvalue weighted by Crippen LogP contribution is -2.72. The van der Waals surface area contributed by atoms with Crippen LogP contribution in [-0.4, -0.2) is 91.5 Å². The minimum Gasteiger partial charge on any atom is -0.430 e. The predicted octanol–water partition coefficient (Wildman–Crippen LogP) is 1.22. The molecule has 3 atom stereocenters. The first-order chi connectivity index (χ1) is 16.5. The van der Waals surface area contributed by atoms with Gasteiger partial charge in [-0.3, -0.25) is 9.69 Å². The van der Waals surface area contributed by atoms with E-state index in [1.807, 2.05) is 0 Å². The van der Waals surface area contributed by atoms with Gasteiger partial charge in [0.05, 0.1) is 17.7 Å². The van der Waals surface area contributed by atoms with Crippen LogP contribution in [0.1, 0.15) is 5.82 Å². The van der Waals surface area contributed by atoms with E-state index in [9.17, 15) is 14.4 Å². The highest BCUT2D eigenvalue weighted by Gasteiger charge is 2.64. The summed E-state index contributed by atoms with van der Waals surface area (Å²) in [4.78, 5) is 44.7. The maximum absolute atomic E-state index is 13.0. The first-order valence-corrected chi connectivity index (χ1v) is 12.2. The zero-order valence-corrected chi connectivity index (χ0v) is 19.8. The molecule has 3 aliphatic rings. The van der Waals surface area contributed by atoms with Crippen LogP contribution in [0.4, 0.5) is 9.59 Å². The van der Waals surface area contributed by atoms with Crippen LogP contribution >= 0.6 is 23.5 Å². The Morgan fingerprint density at radius 3 is 2.59 bits per heavy atom. The van der Waals surface area contributed by atoms with Crippen molar-refractivity contribution in [1.29, 1.82) is 0 Å². The normalized spacial score (nSPS) is 23.1. The van der Waals surface area contributed by atoms with Gasteiger partial charge in [-0.1, -0.05) is 25.3 Å². The zero-order chi connectivity index (χ0) is 24.2. The van der Waals surface area contributed by atoms with E-state index in [1.54, 1.807) is 11.7 Å². The molecule has 0 N–H and O–H groups in total. The fourth-order valence-electron chi connectivity index (χ4n) is 3.65. The Balaban J connectivity index is 1.50. The Morgan fingerprint density at radius 1 is 1.18 bits per heavy atom. The van der Waals surface area contributed by atoms with Gasteiger partial charge in [-0.25, -0.2) is 14.3 Å². The summed E-state index contributed by atoms with van der Waals surface area (Å²) in [5, 5.41) is 12.7. The summed E-state index contributed by atoms with van der Waals surface area (Å²) >= 11 is 2.92. The lowest BCUT2D eigenvalue weighted by Gasteiger charge is -2.50. The number of rotatable bonds is 10. The maximum atomic E-state index is 13.0. The third-order valence-corrected chi connectivity index (χ3v) is 7.31. The molecule has 0 radical (unpaired) electrons. The fourth-order valence-corrected chi connectivity index (χ4v) is 6.04. The van der Waals surface area contributed by atoms with Crippen LogP contribution in [0.3, 0.4) is 0 Å². The smallest absolute Gasteiger partial charge is 0.430 e. The molecule has 0 bridgehead atoms. The van der Waals surface area contributed by atoms with E-state index in [-0.39, 0.29) is 25.0 Å². The molecule has 4 rings (SSSR count). The summed E-state index contributed by atoms with van der Waals surface area (Å²) in [6.45, 7) is 6.95. The van der Waals surface area contributed by atoms with Crippen molar-refractivity contribution in [3.05, 3.63) is 41.6 Å². The predicted molar refractivity (Wildman–Crippen MR) is 120 cm³/mol. The number of hydroxylamine groups is 2. The highest BCUT2D eigenvalue weighted by molar-refractivity contribution is 8.03. The lowest BCUT2D eigenvalue weighted by molar-refractivity contribution is -0.206. The lowest BCUT2D eigenvalue weighted by atomic mass is 9.97. The Kier molecular flexibility index (Phi) is 7.43. The molecular weight excluding hydrogens is 488 g/mol. The summed E-state index contributed by atoms with van der Waals surface area (Å²) in [5.41, 5.74) is 0.774. The number of tetrazole rings is 1. The molecule has 15 heteroatoms. The second kappa shape index (κ2) is 10.5. The molecule has 1 aromatic rings. The van der Waals surface area contributed by atoms with Crippen LogP contribution in [0.2, 0.25) is 0 Å². The standard InChI is InChI=1S/C19H22N6O7S2/c1-4-6-29-18(27)31-17-11(8-33-9-12-20-21-22-23(12)3)15-13-14(16(26)25(13)17)24(10-34-15)32-19(28)30-7-5-2/h4-5,13-14,17H,1-2,6-10H2,3H3/t13-,14-,17?/m0/s1. The molecule has 0 aromatic carbocycles. The van der Waals surface area contributed by atoms with E-state index in [2.05, 4.69) is 28.7 Å². The van der Waals surface area contributed by atoms with Gasteiger partial charge in [-0.05, 0) is 10.4 Å². The van der Waals surface area contributed by atoms with E-state index in [4.69, 9.17) is 19.0 Å². The Labute approximate surface area is 203 Å². The first-order valence-electron chi connectivity index (χ1n) is 10.1. The van der Waals surface area contributed by atoms with Crippen molar-refractivity contribution in [3.63, 3.8) is 0 Å². The van der Waals surface area contributed by atoms with Crippen molar-refractivity contribution in [2.75, 3.05) is 24.8 Å². The van der Waals surface area contributed by atoms with Crippen LogP contribution in [0, 0.1) is 0 Å². The number of hydrogen-bond acceptors (Lipinski definition) is 13. The van der Waals surface area contributed by atoms with E-state index >= 15 is 0 Å². The van der Waals surface area contributed by atoms with Crippen LogP contribution in [0.5, 0.6) is 0 Å². The Bertz CT molecular complexity index is 1030. The molecule has 182 valence electrons. The summed E-state index contributed by atoms with van der Waals surface area (Å²) < 4.78 is 16.9. The maximum Gasteiger partial charge on any atom is 0.528 e. The zero-order valence-electron chi connectivity index (χ0n) is 18.2. The topological polar surface area (TPSA) is 138 Å². The van der Waals surface area contributed by atoms with Gasteiger partial charge >= 0.3 is 12.3 Å². The first kappa shape index (κ1) is 24.1. The van der Waals surface area contributed by atoms with Crippen molar-refractivity contribution < 1.29 is 33.4 Å². The molecule has 1 amide bonds. The van der Waals surface area contributed by atoms with Crippen LogP contribution in [0.15, 0.2) is 35.8 Å². The molecule has 2 saturated heterocycles. The number of amides is 1. The van der Waals surface area contributed by atoms with Gasteiger partial charge in [-0.15, -0.1) is 33.7 Å². The molecule has 0 saturated carbocycles. The van der Waals surface area contributed by atoms with Gasteiger partial charge in [0.2, 0.25) is 12.1 Å². The van der Waals surface area contributed by atoms with Crippen molar-refractivity contribution in [1.82, 2.24) is 30.2 Å². The third kappa shape index (κ3) is 4.63. The fraction of sp³-hybridized carbons (Fsp3) is 0.474. The van der Waals surface area contributed by atoms with Gasteiger partial charge in [0.25, 0.3) is 0 Å². The average molecular weight is 511 g/mol. The number of hydrogen-bond donors (Lipinski definition) is 0. The molecule has 0 aliphatic carbocycles. The van der Waals surface area contributed by atoms with Crippen LogP contribution in [0.25, 0.3) is 0 Å². The number of carbonyl (C=O) groups is 3. The van der Waals surface area contributed by atoms with Gasteiger partial charge < -0.3 is 19.0 Å². The van der Waals surface area contributed by atoms with E-state index < -0.39 is 30.6 Å². The molecule has 1 aromatic heterocycles. The molecule has 2 fully saturated rings. The highest BCUT2D eigenvalue weighted by atomic mass is 32.2. The van der Waals surface area contributed by atoms with Gasteiger partial charge in [0.1, 0.15) is 13.2 Å². The summed E-state index contributed by atoms with van der Waals surface area (Å²) in [7, 11) is 1.75. The van der Waals surface area contributed by atoms with Crippen LogP contribution < -0.4 is 0 Å². The number of carbonyl (C=O) groups excluding carboxylic acids is 3. The van der Waals surface area contributed by atoms with Gasteiger partial charge in [0.15, 0.2) is 11.9 Å². The summed E-state index contributed by atoms with van der Waals surface area (Å²) in [6, 6.07) is -1.14. The largest absolute Gasteiger partial charge is 0.528 e. The van der Waals surface area contributed by atoms with Crippen molar-refractivity contribution in [2.24, 2.45) is 7.05 Å². The van der Waals surface area contributed by atoms with Crippen molar-refractivity contribution in [2.45, 2.75) is 24.1 Å². The second-order valence-electron chi connectivity index (χ2n) is 7.19. The number of thioether (sulfide) groups is 2. The van der Waals surface area contributed by atoms with Crippen molar-refractivity contribution >= 4 is 41.7 Å². The number of β-lactam (4-membered cyclic amide) rings is 1. The van der Waals surface area contributed by atoms with E-state index in [0.29, 0.717) is 17.3 Å². The number of aromatic nitrogens is 4. The van der Waals surface area contributed by atoms with Crippen LogP contribution in [-0.2, 0) is 36.6 Å². The number of nitrogens with zero attached hydrogens (tertiary/aromatic N) is 6. The highest BCUT2D eigenvalue weighted by Crippen LogP contribution is 2.51. The van der Waals surface area contributed by atoms with E-state index in [1.165, 1.54) is 45.6 Å². The number of ether oxygens (including phenoxy) is 3. The van der Waals surface area contributed by atoms with Crippen molar-refractivity contribution in [3.8, 4) is 0 Å². The van der Waals surface area contributed by atoms with E-state index in [0.717, 1.165) is 10.5 Å². The Hall–Kier alpha value is -3.04. The Morgan fingerprint density at radius 2 is 1.91 bits per heavy atom. The molecule has 4 heterocycles.